The first-order chi connectivity index (χ1) is 11.2. The molecule has 0 aliphatic heterocycles. The molecule has 0 bridgehead atoms. The van der Waals surface area contributed by atoms with Crippen molar-refractivity contribution in [1.82, 2.24) is 5.32 Å². The van der Waals surface area contributed by atoms with Gasteiger partial charge >= 0.3 is 0 Å². The highest BCUT2D eigenvalue weighted by atomic mass is 16.5. The summed E-state index contributed by atoms with van der Waals surface area (Å²) in [5.74, 6) is 0.738. The van der Waals surface area contributed by atoms with E-state index in [1.165, 1.54) is 5.56 Å². The van der Waals surface area contributed by atoms with Gasteiger partial charge in [0.05, 0.1) is 31.1 Å². The zero-order valence-corrected chi connectivity index (χ0v) is 13.1. The third kappa shape index (κ3) is 3.64. The molecule has 5 heteroatoms. The Hall–Kier alpha value is -1.66. The highest BCUT2D eigenvalue weighted by Gasteiger charge is 2.37. The van der Waals surface area contributed by atoms with E-state index in [9.17, 15) is 10.2 Å². The molecule has 0 spiro atoms. The first-order valence-corrected chi connectivity index (χ1v) is 7.96. The van der Waals surface area contributed by atoms with E-state index in [0.29, 0.717) is 13.2 Å². The second-order valence-corrected chi connectivity index (χ2v) is 6.03. The first kappa shape index (κ1) is 16.2. The molecule has 1 aliphatic rings. The number of hydrogen-bond acceptors (Lipinski definition) is 5. The topological polar surface area (TPSA) is 74.9 Å². The molecule has 1 aliphatic carbocycles. The Morgan fingerprint density at radius 3 is 2.91 bits per heavy atom. The Morgan fingerprint density at radius 1 is 1.26 bits per heavy atom. The van der Waals surface area contributed by atoms with E-state index in [0.717, 1.165) is 24.2 Å². The molecule has 2 aromatic rings. The summed E-state index contributed by atoms with van der Waals surface area (Å²) in [5, 5.41) is 23.3. The van der Waals surface area contributed by atoms with Gasteiger partial charge in [-0.2, -0.15) is 0 Å². The normalized spacial score (nSPS) is 21.3. The fourth-order valence-corrected chi connectivity index (χ4v) is 3.15. The minimum absolute atomic E-state index is 0.0178. The van der Waals surface area contributed by atoms with Crippen LogP contribution in [-0.4, -0.2) is 36.1 Å². The summed E-state index contributed by atoms with van der Waals surface area (Å²) in [4.78, 5) is 0. The van der Waals surface area contributed by atoms with Crippen molar-refractivity contribution in [1.29, 1.82) is 0 Å². The smallest absolute Gasteiger partial charge is 0.129 e. The van der Waals surface area contributed by atoms with Crippen molar-refractivity contribution in [3.63, 3.8) is 0 Å². The van der Waals surface area contributed by atoms with Gasteiger partial charge < -0.3 is 24.7 Å². The number of ether oxygens (including phenoxy) is 1. The number of fused-ring (bicyclic) bond motifs is 1. The molecule has 124 valence electrons. The largest absolute Gasteiger partial charge is 0.467 e. The zero-order valence-electron chi connectivity index (χ0n) is 13.1. The first-order valence-electron chi connectivity index (χ1n) is 7.96. The number of benzene rings is 1. The van der Waals surface area contributed by atoms with E-state index in [1.54, 1.807) is 12.3 Å². The Balaban J connectivity index is 1.50. The predicted octanol–water partition coefficient (Wildman–Crippen LogP) is 1.58. The Bertz CT molecular complexity index is 613. The second-order valence-electron chi connectivity index (χ2n) is 6.03. The van der Waals surface area contributed by atoms with Crippen LogP contribution in [0.5, 0.6) is 0 Å². The maximum Gasteiger partial charge on any atom is 0.129 e. The van der Waals surface area contributed by atoms with Crippen LogP contribution < -0.4 is 5.32 Å². The average molecular weight is 317 g/mol. The minimum atomic E-state index is -0.638. The summed E-state index contributed by atoms with van der Waals surface area (Å²) in [6, 6.07) is 11.8. The van der Waals surface area contributed by atoms with Crippen LogP contribution in [-0.2, 0) is 23.3 Å². The Morgan fingerprint density at radius 2 is 2.13 bits per heavy atom. The lowest BCUT2D eigenvalue weighted by Gasteiger charge is -2.31. The molecule has 1 aromatic heterocycles. The van der Waals surface area contributed by atoms with Crippen LogP contribution in [0.2, 0.25) is 0 Å². The van der Waals surface area contributed by atoms with Crippen molar-refractivity contribution in [2.45, 2.75) is 31.1 Å². The van der Waals surface area contributed by atoms with Crippen molar-refractivity contribution in [3.05, 3.63) is 59.5 Å². The Kier molecular flexibility index (Phi) is 5.13. The summed E-state index contributed by atoms with van der Waals surface area (Å²) in [5.41, 5.74) is 1.93. The zero-order chi connectivity index (χ0) is 16.1. The van der Waals surface area contributed by atoms with Gasteiger partial charge in [-0.15, -0.1) is 0 Å². The molecule has 1 aromatic carbocycles. The van der Waals surface area contributed by atoms with Gasteiger partial charge in [0.15, 0.2) is 0 Å². The van der Waals surface area contributed by atoms with Crippen LogP contribution in [0.3, 0.4) is 0 Å². The van der Waals surface area contributed by atoms with Gasteiger partial charge in [-0.05, 0) is 36.1 Å². The lowest BCUT2D eigenvalue weighted by Crippen LogP contribution is -2.47. The van der Waals surface area contributed by atoms with Crippen LogP contribution in [0.15, 0.2) is 47.1 Å². The van der Waals surface area contributed by atoms with E-state index in [1.807, 2.05) is 24.3 Å². The predicted molar refractivity (Wildman–Crippen MR) is 85.9 cm³/mol. The van der Waals surface area contributed by atoms with Gasteiger partial charge in [0.1, 0.15) is 12.4 Å². The monoisotopic (exact) mass is 317 g/mol. The van der Waals surface area contributed by atoms with Crippen LogP contribution >= 0.6 is 0 Å². The fourth-order valence-electron chi connectivity index (χ4n) is 3.15. The minimum Gasteiger partial charge on any atom is -0.467 e. The molecule has 2 unspecified atom stereocenters. The maximum absolute atomic E-state index is 10.1. The molecule has 1 heterocycles. The van der Waals surface area contributed by atoms with Gasteiger partial charge in [0, 0.05) is 6.54 Å². The summed E-state index contributed by atoms with van der Waals surface area (Å²) in [6.07, 6.45) is 2.73. The molecular weight excluding hydrogens is 294 g/mol. The Labute approximate surface area is 135 Å². The molecular formula is C18H23NO4. The van der Waals surface area contributed by atoms with Gasteiger partial charge in [0.25, 0.3) is 0 Å². The van der Waals surface area contributed by atoms with Crippen molar-refractivity contribution < 1.29 is 19.4 Å². The van der Waals surface area contributed by atoms with Gasteiger partial charge in [-0.3, -0.25) is 0 Å². The van der Waals surface area contributed by atoms with Crippen molar-refractivity contribution in [2.75, 3.05) is 19.8 Å². The summed E-state index contributed by atoms with van der Waals surface area (Å²) >= 11 is 0. The molecule has 23 heavy (non-hydrogen) atoms. The van der Waals surface area contributed by atoms with Crippen LogP contribution in [0, 0.1) is 0 Å². The number of hydrogen-bond donors (Lipinski definition) is 3. The number of rotatable bonds is 8. The van der Waals surface area contributed by atoms with E-state index < -0.39 is 11.6 Å². The maximum atomic E-state index is 10.1. The number of nitrogens with one attached hydrogen (secondary N) is 1. The summed E-state index contributed by atoms with van der Waals surface area (Å²) < 4.78 is 10.6. The van der Waals surface area contributed by atoms with E-state index in [4.69, 9.17) is 9.15 Å². The molecule has 3 rings (SSSR count). The number of aliphatic hydroxyl groups is 2. The highest BCUT2D eigenvalue weighted by Crippen LogP contribution is 2.36. The third-order valence-corrected chi connectivity index (χ3v) is 4.43. The standard InChI is InChI=1S/C18H23NO4/c20-13-18(8-7-14-4-1-2-6-17(14)18)19-10-15(21)11-22-12-16-5-3-9-23-16/h1-6,9,15,19-21H,7-8,10-13H2. The molecule has 0 amide bonds. The fraction of sp³-hybridized carbons (Fsp3) is 0.444. The van der Waals surface area contributed by atoms with Gasteiger partial charge in [0.2, 0.25) is 0 Å². The van der Waals surface area contributed by atoms with Gasteiger partial charge in [-0.1, -0.05) is 24.3 Å². The molecule has 0 saturated carbocycles. The van der Waals surface area contributed by atoms with Crippen LogP contribution in [0.1, 0.15) is 23.3 Å². The number of aryl methyl sites for hydroxylation is 1. The van der Waals surface area contributed by atoms with Crippen LogP contribution in [0.4, 0.5) is 0 Å². The quantitative estimate of drug-likeness (QED) is 0.689. The third-order valence-electron chi connectivity index (χ3n) is 4.43. The molecule has 0 radical (unpaired) electrons. The molecule has 5 nitrogen and oxygen atoms in total. The molecule has 0 fully saturated rings. The average Bonchev–Trinajstić information content (AvgIpc) is 3.21. The lowest BCUT2D eigenvalue weighted by molar-refractivity contribution is 0.0160. The van der Waals surface area contributed by atoms with E-state index >= 15 is 0 Å². The highest BCUT2D eigenvalue weighted by molar-refractivity contribution is 5.38. The van der Waals surface area contributed by atoms with Gasteiger partial charge in [-0.25, -0.2) is 0 Å². The second kappa shape index (κ2) is 7.27. The van der Waals surface area contributed by atoms with Crippen LogP contribution in [0.25, 0.3) is 0 Å². The lowest BCUT2D eigenvalue weighted by atomic mass is 9.92. The molecule has 0 saturated heterocycles. The SMILES string of the molecule is OCC1(NCC(O)COCc2ccco2)CCc2ccccc21. The van der Waals surface area contributed by atoms with Crippen molar-refractivity contribution in [3.8, 4) is 0 Å². The number of furan rings is 1. The molecule has 3 N–H and O–H groups in total. The van der Waals surface area contributed by atoms with Crippen molar-refractivity contribution in [2.24, 2.45) is 0 Å². The summed E-state index contributed by atoms with van der Waals surface area (Å²) in [6.45, 7) is 0.950. The van der Waals surface area contributed by atoms with Crippen molar-refractivity contribution >= 4 is 0 Å². The van der Waals surface area contributed by atoms with E-state index in [-0.39, 0.29) is 13.2 Å². The molecule has 2 atom stereocenters. The van der Waals surface area contributed by atoms with E-state index in [2.05, 4.69) is 11.4 Å². The summed E-state index contributed by atoms with van der Waals surface area (Å²) in [7, 11) is 0. The number of aliphatic hydroxyl groups excluding tert-OH is 2.